The van der Waals surface area contributed by atoms with E-state index < -0.39 is 10.0 Å². The van der Waals surface area contributed by atoms with Crippen LogP contribution < -0.4 is 0 Å². The minimum atomic E-state index is -3.42. The highest BCUT2D eigenvalue weighted by Gasteiger charge is 2.28. The van der Waals surface area contributed by atoms with Crippen LogP contribution in [0.25, 0.3) is 0 Å². The van der Waals surface area contributed by atoms with E-state index in [0.29, 0.717) is 37.0 Å². The molecule has 5 heteroatoms. The van der Waals surface area contributed by atoms with E-state index in [2.05, 4.69) is 31.9 Å². The molecule has 0 aliphatic carbocycles. The summed E-state index contributed by atoms with van der Waals surface area (Å²) < 4.78 is 27.1. The van der Waals surface area contributed by atoms with Crippen molar-refractivity contribution in [3.05, 3.63) is 54.8 Å². The van der Waals surface area contributed by atoms with Crippen LogP contribution in [0.1, 0.15) is 25.3 Å². The van der Waals surface area contributed by atoms with Crippen LogP contribution in [0.2, 0.25) is 0 Å². The van der Waals surface area contributed by atoms with Gasteiger partial charge < -0.3 is 4.90 Å². The first kappa shape index (κ1) is 16.8. The number of sulfonamides is 1. The summed E-state index contributed by atoms with van der Waals surface area (Å²) in [5.74, 6) is 0.308. The Morgan fingerprint density at radius 2 is 1.86 bits per heavy atom. The van der Waals surface area contributed by atoms with Crippen molar-refractivity contribution in [3.8, 4) is 0 Å². The van der Waals surface area contributed by atoms with Crippen LogP contribution in [0, 0.1) is 0 Å². The molecule has 0 unspecified atom stereocenters. The van der Waals surface area contributed by atoms with E-state index in [4.69, 9.17) is 0 Å². The molecule has 1 heterocycles. The van der Waals surface area contributed by atoms with Gasteiger partial charge in [-0.2, -0.15) is 4.31 Å². The molecule has 1 fully saturated rings. The average molecular weight is 320 g/mol. The number of hydrogen-bond donors (Lipinski definition) is 0. The summed E-state index contributed by atoms with van der Waals surface area (Å²) in [6, 6.07) is 7.25. The van der Waals surface area contributed by atoms with E-state index in [1.165, 1.54) is 0 Å². The molecule has 4 nitrogen and oxygen atoms in total. The fourth-order valence-electron chi connectivity index (χ4n) is 2.53. The van der Waals surface area contributed by atoms with Crippen LogP contribution in [0.15, 0.2) is 54.1 Å². The van der Waals surface area contributed by atoms with Gasteiger partial charge in [0.1, 0.15) is 0 Å². The van der Waals surface area contributed by atoms with Crippen LogP contribution in [-0.4, -0.2) is 43.8 Å². The van der Waals surface area contributed by atoms with Crippen molar-refractivity contribution in [2.45, 2.75) is 24.7 Å². The molecule has 0 radical (unpaired) electrons. The number of nitrogens with zero attached hydrogens (tertiary/aromatic N) is 2. The minimum Gasteiger partial charge on any atom is -0.369 e. The maximum Gasteiger partial charge on any atom is 0.243 e. The third-order valence-corrected chi connectivity index (χ3v) is 5.94. The molecule has 120 valence electrons. The van der Waals surface area contributed by atoms with Gasteiger partial charge in [-0.25, -0.2) is 8.42 Å². The molecule has 0 spiro atoms. The molecule has 0 aromatic heterocycles. The van der Waals surface area contributed by atoms with E-state index in [1.54, 1.807) is 22.5 Å². The molecule has 2 rings (SSSR count). The van der Waals surface area contributed by atoms with Crippen molar-refractivity contribution in [1.82, 2.24) is 9.21 Å². The quantitative estimate of drug-likeness (QED) is 0.783. The summed E-state index contributed by atoms with van der Waals surface area (Å²) in [5.41, 5.74) is 1.89. The van der Waals surface area contributed by atoms with Crippen molar-refractivity contribution >= 4 is 10.0 Å². The standard InChI is InChI=1S/C17H24N2O2S/c1-5-15(4)18-9-11-19(12-10-18)22(20,21)17-8-6-7-16(13-17)14(2)3/h5-8,13-14H,1,4,9-12H2,2-3H3. The van der Waals surface area contributed by atoms with E-state index >= 15 is 0 Å². The number of piperazine rings is 1. The molecule has 1 aromatic carbocycles. The maximum atomic E-state index is 12.8. The zero-order chi connectivity index (χ0) is 16.3. The second kappa shape index (κ2) is 6.67. The molecule has 0 saturated carbocycles. The third-order valence-electron chi connectivity index (χ3n) is 4.04. The Morgan fingerprint density at radius 1 is 1.23 bits per heavy atom. The number of benzene rings is 1. The van der Waals surface area contributed by atoms with Gasteiger partial charge in [-0.15, -0.1) is 0 Å². The predicted octanol–water partition coefficient (Wildman–Crippen LogP) is 2.82. The average Bonchev–Trinajstić information content (AvgIpc) is 2.54. The maximum absolute atomic E-state index is 12.8. The second-order valence-corrected chi connectivity index (χ2v) is 7.75. The highest BCUT2D eigenvalue weighted by atomic mass is 32.2. The topological polar surface area (TPSA) is 40.6 Å². The molecule has 1 aliphatic rings. The Hall–Kier alpha value is -1.59. The zero-order valence-electron chi connectivity index (χ0n) is 13.3. The largest absolute Gasteiger partial charge is 0.369 e. The van der Waals surface area contributed by atoms with Gasteiger partial charge in [0.15, 0.2) is 0 Å². The van der Waals surface area contributed by atoms with Crippen molar-refractivity contribution < 1.29 is 8.42 Å². The van der Waals surface area contributed by atoms with E-state index in [1.807, 2.05) is 12.1 Å². The van der Waals surface area contributed by atoms with Gasteiger partial charge in [0, 0.05) is 31.9 Å². The summed E-state index contributed by atoms with van der Waals surface area (Å²) in [5, 5.41) is 0. The molecular weight excluding hydrogens is 296 g/mol. The Morgan fingerprint density at radius 3 is 2.41 bits per heavy atom. The smallest absolute Gasteiger partial charge is 0.243 e. The lowest BCUT2D eigenvalue weighted by Crippen LogP contribution is -2.47. The Labute approximate surface area is 133 Å². The molecule has 0 atom stereocenters. The van der Waals surface area contributed by atoms with Gasteiger partial charge in [0.2, 0.25) is 10.0 Å². The SMILES string of the molecule is C=CC(=C)N1CCN(S(=O)(=O)c2cccc(C(C)C)c2)CC1. The molecule has 0 bridgehead atoms. The van der Waals surface area contributed by atoms with Crippen molar-refractivity contribution in [1.29, 1.82) is 0 Å². The fourth-order valence-corrected chi connectivity index (χ4v) is 4.01. The second-order valence-electron chi connectivity index (χ2n) is 5.81. The normalized spacial score (nSPS) is 16.8. The monoisotopic (exact) mass is 320 g/mol. The lowest BCUT2D eigenvalue weighted by Gasteiger charge is -2.35. The van der Waals surface area contributed by atoms with E-state index in [9.17, 15) is 8.42 Å². The fraction of sp³-hybridized carbons (Fsp3) is 0.412. The van der Waals surface area contributed by atoms with Gasteiger partial charge in [-0.1, -0.05) is 39.1 Å². The first-order chi connectivity index (χ1) is 10.4. The van der Waals surface area contributed by atoms with E-state index in [0.717, 1.165) is 11.3 Å². The summed E-state index contributed by atoms with van der Waals surface area (Å²) in [4.78, 5) is 2.44. The van der Waals surface area contributed by atoms with Gasteiger partial charge in [-0.3, -0.25) is 0 Å². The molecule has 22 heavy (non-hydrogen) atoms. The zero-order valence-corrected chi connectivity index (χ0v) is 14.1. The van der Waals surface area contributed by atoms with Crippen LogP contribution in [-0.2, 0) is 10.0 Å². The minimum absolute atomic E-state index is 0.308. The Bertz CT molecular complexity index is 657. The Kier molecular flexibility index (Phi) is 5.08. The highest BCUT2D eigenvalue weighted by molar-refractivity contribution is 7.89. The molecule has 1 aliphatic heterocycles. The van der Waals surface area contributed by atoms with Gasteiger partial charge in [-0.05, 0) is 29.7 Å². The first-order valence-corrected chi connectivity index (χ1v) is 8.96. The van der Waals surface area contributed by atoms with Crippen LogP contribution in [0.3, 0.4) is 0 Å². The molecule has 0 amide bonds. The van der Waals surface area contributed by atoms with Crippen LogP contribution in [0.4, 0.5) is 0 Å². The van der Waals surface area contributed by atoms with E-state index in [-0.39, 0.29) is 0 Å². The Balaban J connectivity index is 2.17. The van der Waals surface area contributed by atoms with Crippen molar-refractivity contribution in [2.24, 2.45) is 0 Å². The molecule has 1 aromatic rings. The summed E-state index contributed by atoms with van der Waals surface area (Å²) >= 11 is 0. The molecule has 1 saturated heterocycles. The van der Waals surface area contributed by atoms with Gasteiger partial charge in [0.25, 0.3) is 0 Å². The lowest BCUT2D eigenvalue weighted by atomic mass is 10.0. The van der Waals surface area contributed by atoms with Crippen LogP contribution in [0.5, 0.6) is 0 Å². The van der Waals surface area contributed by atoms with Crippen molar-refractivity contribution in [2.75, 3.05) is 26.2 Å². The summed E-state index contributed by atoms with van der Waals surface area (Å²) in [7, 11) is -3.42. The number of allylic oxidation sites excluding steroid dienone is 1. The van der Waals surface area contributed by atoms with Gasteiger partial charge >= 0.3 is 0 Å². The summed E-state index contributed by atoms with van der Waals surface area (Å²) in [6.07, 6.45) is 1.70. The summed E-state index contributed by atoms with van der Waals surface area (Å²) in [6.45, 7) is 14.0. The predicted molar refractivity (Wildman–Crippen MR) is 90.2 cm³/mol. The number of rotatable bonds is 5. The molecular formula is C17H24N2O2S. The first-order valence-electron chi connectivity index (χ1n) is 7.52. The van der Waals surface area contributed by atoms with Gasteiger partial charge in [0.05, 0.1) is 4.90 Å². The van der Waals surface area contributed by atoms with Crippen LogP contribution >= 0.6 is 0 Å². The third kappa shape index (κ3) is 3.42. The number of hydrogen-bond acceptors (Lipinski definition) is 3. The highest BCUT2D eigenvalue weighted by Crippen LogP contribution is 2.23. The molecule has 0 N–H and O–H groups in total. The lowest BCUT2D eigenvalue weighted by molar-refractivity contribution is 0.234. The van der Waals surface area contributed by atoms with Crippen molar-refractivity contribution in [3.63, 3.8) is 0 Å².